The van der Waals surface area contributed by atoms with E-state index in [9.17, 15) is 14.4 Å². The molecule has 3 aromatic carbocycles. The molecule has 13 nitrogen and oxygen atoms in total. The van der Waals surface area contributed by atoms with Gasteiger partial charge in [-0.2, -0.15) is 5.10 Å². The number of allylic oxidation sites excluding steroid dienone is 4. The van der Waals surface area contributed by atoms with Crippen LogP contribution in [0.25, 0.3) is 16.8 Å². The van der Waals surface area contributed by atoms with Gasteiger partial charge in [-0.15, -0.1) is 0 Å². The van der Waals surface area contributed by atoms with E-state index in [1.807, 2.05) is 58.2 Å². The first-order valence-electron chi connectivity index (χ1n) is 28.5. The number of amides is 1. The quantitative estimate of drug-likeness (QED) is 0.0370. The number of hydrogen-bond donors (Lipinski definition) is 3. The molecule has 3 heterocycles. The number of aryl methyl sites for hydroxylation is 3. The number of aromatic amines is 1. The van der Waals surface area contributed by atoms with Crippen molar-refractivity contribution in [3.63, 3.8) is 0 Å². The molecule has 0 radical (unpaired) electrons. The van der Waals surface area contributed by atoms with Gasteiger partial charge in [0, 0.05) is 47.8 Å². The van der Waals surface area contributed by atoms with E-state index in [-0.39, 0.29) is 54.6 Å². The number of hydrogen-bond acceptors (Lipinski definition) is 11. The molecule has 79 heavy (non-hydrogen) atoms. The smallest absolute Gasteiger partial charge is 0.246 e. The maximum absolute atomic E-state index is 14.3. The molecule has 8 rings (SSSR count). The lowest BCUT2D eigenvalue weighted by molar-refractivity contribution is -0.135. The van der Waals surface area contributed by atoms with Crippen molar-refractivity contribution in [3.05, 3.63) is 154 Å². The van der Waals surface area contributed by atoms with Gasteiger partial charge < -0.3 is 38.9 Å². The first-order valence-corrected chi connectivity index (χ1v) is 28.5. The van der Waals surface area contributed by atoms with Crippen LogP contribution in [0.3, 0.4) is 0 Å². The molecule has 1 amide bonds. The fourth-order valence-electron chi connectivity index (χ4n) is 11.6. The summed E-state index contributed by atoms with van der Waals surface area (Å²) in [6.07, 6.45) is 10.6. The number of aromatic nitrogens is 1. The van der Waals surface area contributed by atoms with Crippen LogP contribution in [-0.2, 0) is 46.2 Å². The zero-order valence-corrected chi connectivity index (χ0v) is 48.3. The molecule has 422 valence electrons. The van der Waals surface area contributed by atoms with Crippen molar-refractivity contribution in [2.24, 2.45) is 40.1 Å². The number of hydrazone groups is 1. The molecule has 0 saturated heterocycles. The lowest BCUT2D eigenvalue weighted by Gasteiger charge is -2.34. The van der Waals surface area contributed by atoms with Gasteiger partial charge in [-0.1, -0.05) is 131 Å². The highest BCUT2D eigenvalue weighted by atomic mass is 16.6. The van der Waals surface area contributed by atoms with Crippen LogP contribution in [0.4, 0.5) is 0 Å². The molecule has 3 N–H and O–H groups in total. The molecular weight excluding hydrogens is 991 g/mol. The van der Waals surface area contributed by atoms with Gasteiger partial charge in [-0.05, 0) is 128 Å². The largest absolute Gasteiger partial charge is 0.491 e. The van der Waals surface area contributed by atoms with Gasteiger partial charge >= 0.3 is 0 Å². The number of fused-ring (bicyclic) bond motifs is 3. The molecule has 4 aliphatic rings. The van der Waals surface area contributed by atoms with Crippen molar-refractivity contribution in [1.82, 2.24) is 20.6 Å². The summed E-state index contributed by atoms with van der Waals surface area (Å²) in [6, 6.07) is 26.5. The van der Waals surface area contributed by atoms with Crippen LogP contribution in [0.1, 0.15) is 102 Å². The van der Waals surface area contributed by atoms with Crippen LogP contribution in [-0.4, -0.2) is 105 Å². The molecule has 1 fully saturated rings. The number of amidine groups is 1. The second-order valence-corrected chi connectivity index (χ2v) is 23.4. The third-order valence-electron chi connectivity index (χ3n) is 16.1. The first-order chi connectivity index (χ1) is 37.9. The molecule has 4 aromatic rings. The number of ether oxygens (including phenoxy) is 5. The van der Waals surface area contributed by atoms with E-state index in [2.05, 4.69) is 134 Å². The van der Waals surface area contributed by atoms with Crippen LogP contribution in [0, 0.1) is 48.9 Å². The van der Waals surface area contributed by atoms with Gasteiger partial charge in [0.15, 0.2) is 5.78 Å². The highest BCUT2D eigenvalue weighted by molar-refractivity contribution is 5.94. The predicted molar refractivity (Wildman–Crippen MR) is 313 cm³/mol. The van der Waals surface area contributed by atoms with Crippen LogP contribution < -0.4 is 15.5 Å². The minimum absolute atomic E-state index is 0.0811. The Balaban J connectivity index is 0.670. The van der Waals surface area contributed by atoms with Gasteiger partial charge in [0.05, 0.1) is 52.3 Å². The van der Waals surface area contributed by atoms with Gasteiger partial charge in [0.2, 0.25) is 5.91 Å². The van der Waals surface area contributed by atoms with E-state index in [1.165, 1.54) is 44.7 Å². The Morgan fingerprint density at radius 3 is 2.03 bits per heavy atom. The highest BCUT2D eigenvalue weighted by Crippen LogP contribution is 2.47. The average molecular weight is 1080 g/mol. The van der Waals surface area contributed by atoms with Crippen LogP contribution in [0.2, 0.25) is 0 Å². The molecular formula is C66H85N5O8. The number of carbonyl (C=O) groups is 3. The lowest BCUT2D eigenvalue weighted by Crippen LogP contribution is -2.52. The second-order valence-electron chi connectivity index (χ2n) is 23.4. The number of carbonyl (C=O) groups excluding carboxylic acids is 3. The van der Waals surface area contributed by atoms with Crippen LogP contribution >= 0.6 is 0 Å². The summed E-state index contributed by atoms with van der Waals surface area (Å²) in [7, 11) is 0. The summed E-state index contributed by atoms with van der Waals surface area (Å²) in [5.74, 6) is 2.06. The number of nitrogens with zero attached hydrogens (tertiary/aromatic N) is 2. The molecule has 0 spiro atoms. The fourth-order valence-corrected chi connectivity index (χ4v) is 11.6. The Bertz CT molecular complexity index is 2870. The number of nitrogens with one attached hydrogen (secondary N) is 3. The monoisotopic (exact) mass is 1080 g/mol. The third kappa shape index (κ3) is 15.3. The Hall–Kier alpha value is -6.38. The predicted octanol–water partition coefficient (Wildman–Crippen LogP) is 11.3. The molecule has 1 aromatic heterocycles. The Labute approximate surface area is 469 Å². The number of ketones is 2. The molecule has 2 aliphatic heterocycles. The molecule has 1 saturated carbocycles. The summed E-state index contributed by atoms with van der Waals surface area (Å²) < 4.78 is 28.6. The second kappa shape index (κ2) is 27.2. The SMILES string of the molecule is C=C(CCc1ccc(-c2[nH]ccc2C)cc1)[C@@H]1CC(C)CC1C(=O)[C@@H](NC(=O)COCCOCCOCCOCCOc1ccc(CC(=O)CC2C=C(c3ccc(C)cc3)C3=C(C)C(C)C=C3N3C(C)=NNC23)cc1)C(C)(C)C. The lowest BCUT2D eigenvalue weighted by atomic mass is 9.75. The zero-order chi connectivity index (χ0) is 56.2. The van der Waals surface area contributed by atoms with Crippen molar-refractivity contribution < 1.29 is 38.1 Å². The number of H-pyrrole nitrogens is 1. The molecule has 13 heteroatoms. The van der Waals surface area contributed by atoms with E-state index in [0.29, 0.717) is 76.7 Å². The molecule has 0 bridgehead atoms. The maximum atomic E-state index is 14.3. The fraction of sp³-hybridized carbons (Fsp3) is 0.485. The Morgan fingerprint density at radius 1 is 0.759 bits per heavy atom. The summed E-state index contributed by atoms with van der Waals surface area (Å²) in [5, 5.41) is 7.66. The number of rotatable bonds is 28. The highest BCUT2D eigenvalue weighted by Gasteiger charge is 2.45. The van der Waals surface area contributed by atoms with E-state index in [4.69, 9.17) is 23.7 Å². The number of Topliss-reactive ketones (excluding diaryl/α,β-unsaturated/α-hetero) is 2. The number of benzene rings is 3. The zero-order valence-electron chi connectivity index (χ0n) is 48.3. The maximum Gasteiger partial charge on any atom is 0.246 e. The summed E-state index contributed by atoms with van der Waals surface area (Å²) in [4.78, 5) is 46.8. The van der Waals surface area contributed by atoms with Crippen molar-refractivity contribution in [1.29, 1.82) is 0 Å². The van der Waals surface area contributed by atoms with E-state index >= 15 is 0 Å². The van der Waals surface area contributed by atoms with Crippen LogP contribution in [0.15, 0.2) is 131 Å². The summed E-state index contributed by atoms with van der Waals surface area (Å²) in [6.45, 7) is 26.2. The molecule has 2 aliphatic carbocycles. The Morgan fingerprint density at radius 2 is 1.38 bits per heavy atom. The Kier molecular flexibility index (Phi) is 20.2. The molecule has 5 unspecified atom stereocenters. The standard InChI is InChI=1S/C66H85N5O8/c1-42-11-19-51(20-12-42)57-40-53(65-70-69-48(7)71(65)59-37-46(5)47(6)61(57)59)39-54(72)38-50-17-23-55(24-18-50)79-34-33-77-30-29-75-27-28-76-31-32-78-41-60(73)68-64(66(8,9)10)63(74)58-36-43(2)35-56(58)44(3)13-14-49-15-21-52(22-16-49)62-45(4)25-26-67-62/h11-12,15-26,37,40,43,46,53,56,58,64-65,67,70H,3,13-14,27-36,38-39,41H2,1-2,4-10H3,(H,68,73)/t43?,46?,53?,56-,58?,64+,65?/m0/s1. The minimum atomic E-state index is -0.644. The van der Waals surface area contributed by atoms with E-state index in [1.54, 1.807) is 0 Å². The first kappa shape index (κ1) is 58.8. The van der Waals surface area contributed by atoms with Crippen molar-refractivity contribution >= 4 is 28.9 Å². The van der Waals surface area contributed by atoms with Gasteiger partial charge in [0.1, 0.15) is 36.7 Å². The topological polar surface area (TPSA) is 153 Å². The van der Waals surface area contributed by atoms with Crippen molar-refractivity contribution in [2.45, 2.75) is 113 Å². The normalized spacial score (nSPS) is 21.1. The average Bonchev–Trinajstić information content (AvgIpc) is 4.18. The summed E-state index contributed by atoms with van der Waals surface area (Å²) in [5.41, 5.74) is 17.0. The molecule has 7 atom stereocenters. The third-order valence-corrected chi connectivity index (χ3v) is 16.1. The van der Waals surface area contributed by atoms with Crippen molar-refractivity contribution in [3.8, 4) is 17.0 Å². The van der Waals surface area contributed by atoms with Gasteiger partial charge in [-0.3, -0.25) is 19.8 Å². The minimum Gasteiger partial charge on any atom is -0.491 e. The van der Waals surface area contributed by atoms with Gasteiger partial charge in [-0.25, -0.2) is 0 Å². The van der Waals surface area contributed by atoms with E-state index in [0.717, 1.165) is 53.9 Å². The van der Waals surface area contributed by atoms with Crippen LogP contribution in [0.5, 0.6) is 5.75 Å². The van der Waals surface area contributed by atoms with Crippen molar-refractivity contribution in [2.75, 3.05) is 59.5 Å². The summed E-state index contributed by atoms with van der Waals surface area (Å²) >= 11 is 0. The van der Waals surface area contributed by atoms with Gasteiger partial charge in [0.25, 0.3) is 0 Å². The van der Waals surface area contributed by atoms with E-state index < -0.39 is 11.5 Å².